The summed E-state index contributed by atoms with van der Waals surface area (Å²) in [4.78, 5) is 4.51. The van der Waals surface area contributed by atoms with Crippen LogP contribution in [0.4, 0.5) is 0 Å². The van der Waals surface area contributed by atoms with E-state index in [1.165, 1.54) is 16.9 Å². The van der Waals surface area contributed by atoms with Crippen LogP contribution >= 0.6 is 11.3 Å². The zero-order chi connectivity index (χ0) is 16.5. The minimum Gasteiger partial charge on any atom is -0.457 e. The molecule has 4 rings (SSSR count). The zero-order valence-electron chi connectivity index (χ0n) is 12.6. The van der Waals surface area contributed by atoms with Crippen LogP contribution in [0.1, 0.15) is 11.3 Å². The lowest BCUT2D eigenvalue weighted by Gasteiger charge is -2.05. The van der Waals surface area contributed by atoms with Crippen molar-refractivity contribution in [1.29, 1.82) is 5.26 Å². The summed E-state index contributed by atoms with van der Waals surface area (Å²) in [5.41, 5.74) is 2.73. The van der Waals surface area contributed by atoms with Gasteiger partial charge < -0.3 is 4.74 Å². The zero-order valence-corrected chi connectivity index (χ0v) is 13.5. The molecule has 0 saturated carbocycles. The van der Waals surface area contributed by atoms with Gasteiger partial charge in [0.15, 0.2) is 11.4 Å². The largest absolute Gasteiger partial charge is 0.457 e. The van der Waals surface area contributed by atoms with Crippen molar-refractivity contribution in [3.8, 4) is 28.3 Å². The van der Waals surface area contributed by atoms with E-state index in [0.29, 0.717) is 10.7 Å². The van der Waals surface area contributed by atoms with Crippen LogP contribution in [0.2, 0.25) is 0 Å². The molecule has 4 aromatic rings. The van der Waals surface area contributed by atoms with Gasteiger partial charge in [-0.3, -0.25) is 0 Å². The summed E-state index contributed by atoms with van der Waals surface area (Å²) in [6.07, 6.45) is 0. The van der Waals surface area contributed by atoms with Gasteiger partial charge in [0.25, 0.3) is 0 Å². The predicted molar refractivity (Wildman–Crippen MR) is 91.0 cm³/mol. The number of nitriles is 1. The molecule has 0 unspecified atom stereocenters. The Kier molecular flexibility index (Phi) is 3.44. The Balaban J connectivity index is 1.68. The second-order valence-electron chi connectivity index (χ2n) is 5.20. The van der Waals surface area contributed by atoms with Crippen molar-refractivity contribution in [3.05, 3.63) is 53.7 Å². The van der Waals surface area contributed by atoms with Gasteiger partial charge in [0.2, 0.25) is 0 Å². The highest BCUT2D eigenvalue weighted by atomic mass is 32.1. The molecule has 0 amide bonds. The molecule has 1 N–H and O–H groups in total. The number of fused-ring (bicyclic) bond motifs is 1. The van der Waals surface area contributed by atoms with Gasteiger partial charge in [0.1, 0.15) is 22.6 Å². The van der Waals surface area contributed by atoms with Gasteiger partial charge >= 0.3 is 0 Å². The van der Waals surface area contributed by atoms with Crippen LogP contribution in [-0.2, 0) is 0 Å². The Morgan fingerprint density at radius 3 is 2.67 bits per heavy atom. The summed E-state index contributed by atoms with van der Waals surface area (Å²) < 4.78 is 6.84. The summed E-state index contributed by atoms with van der Waals surface area (Å²) in [7, 11) is 0. The van der Waals surface area contributed by atoms with E-state index in [1.807, 2.05) is 55.5 Å². The number of ether oxygens (including phenoxy) is 1. The van der Waals surface area contributed by atoms with Gasteiger partial charge in [0, 0.05) is 6.07 Å². The molecule has 0 aliphatic carbocycles. The number of hydrogen-bond acceptors (Lipinski definition) is 6. The van der Waals surface area contributed by atoms with Crippen molar-refractivity contribution >= 4 is 21.6 Å². The van der Waals surface area contributed by atoms with E-state index in [1.54, 1.807) is 0 Å². The Hall–Kier alpha value is -3.24. The van der Waals surface area contributed by atoms with Crippen LogP contribution < -0.4 is 4.74 Å². The Bertz CT molecular complexity index is 1060. The topological polar surface area (TPSA) is 87.5 Å². The minimum absolute atomic E-state index is 0.241. The summed E-state index contributed by atoms with van der Waals surface area (Å²) in [6, 6.07) is 15.6. The molecule has 0 atom stereocenters. The molecule has 0 bridgehead atoms. The highest BCUT2D eigenvalue weighted by Crippen LogP contribution is 2.33. The Morgan fingerprint density at radius 2 is 1.88 bits per heavy atom. The predicted octanol–water partition coefficient (Wildman–Crippen LogP) is 4.05. The van der Waals surface area contributed by atoms with Gasteiger partial charge in [-0.05, 0) is 31.2 Å². The molecular formula is C17H11N5OS. The molecule has 0 aliphatic rings. The molecule has 7 heteroatoms. The fraction of sp³-hybridized carbons (Fsp3) is 0.0588. The van der Waals surface area contributed by atoms with Crippen molar-refractivity contribution in [2.75, 3.05) is 0 Å². The van der Waals surface area contributed by atoms with Crippen molar-refractivity contribution in [3.63, 3.8) is 0 Å². The molecule has 116 valence electrons. The first-order valence-corrected chi connectivity index (χ1v) is 8.01. The molecule has 2 aromatic heterocycles. The van der Waals surface area contributed by atoms with Crippen molar-refractivity contribution in [1.82, 2.24) is 20.4 Å². The number of aryl methyl sites for hydroxylation is 1. The van der Waals surface area contributed by atoms with Crippen LogP contribution in [-0.4, -0.2) is 20.4 Å². The van der Waals surface area contributed by atoms with Crippen LogP contribution in [0.15, 0.2) is 42.5 Å². The molecule has 0 saturated heterocycles. The number of thiazole rings is 1. The van der Waals surface area contributed by atoms with E-state index in [-0.39, 0.29) is 5.69 Å². The van der Waals surface area contributed by atoms with Crippen LogP contribution in [0.25, 0.3) is 20.9 Å². The SMILES string of the molecule is Cc1ccc(Oc2ccc3nc(-c4n[nH]nc4C#N)sc3c2)cc1. The van der Waals surface area contributed by atoms with E-state index < -0.39 is 0 Å². The third-order valence-electron chi connectivity index (χ3n) is 3.47. The van der Waals surface area contributed by atoms with Crippen LogP contribution in [0.5, 0.6) is 11.5 Å². The summed E-state index contributed by atoms with van der Waals surface area (Å²) >= 11 is 1.45. The van der Waals surface area contributed by atoms with Gasteiger partial charge in [0.05, 0.1) is 10.2 Å². The number of H-pyrrole nitrogens is 1. The average molecular weight is 333 g/mol. The van der Waals surface area contributed by atoms with Crippen molar-refractivity contribution < 1.29 is 4.74 Å². The first-order valence-electron chi connectivity index (χ1n) is 7.19. The lowest BCUT2D eigenvalue weighted by Crippen LogP contribution is -1.84. The molecule has 24 heavy (non-hydrogen) atoms. The second kappa shape index (κ2) is 5.76. The Labute approximate surface area is 141 Å². The first-order chi connectivity index (χ1) is 11.7. The van der Waals surface area contributed by atoms with E-state index in [9.17, 15) is 0 Å². The third-order valence-corrected chi connectivity index (χ3v) is 4.50. The second-order valence-corrected chi connectivity index (χ2v) is 6.23. The first kappa shape index (κ1) is 14.4. The van der Waals surface area contributed by atoms with Gasteiger partial charge in [-0.1, -0.05) is 17.7 Å². The number of nitrogens with one attached hydrogen (secondary N) is 1. The van der Waals surface area contributed by atoms with Gasteiger partial charge in [-0.2, -0.15) is 15.6 Å². The van der Waals surface area contributed by atoms with E-state index in [4.69, 9.17) is 10.00 Å². The Morgan fingerprint density at radius 1 is 1.08 bits per heavy atom. The molecule has 0 aliphatic heterocycles. The third kappa shape index (κ3) is 2.59. The smallest absolute Gasteiger partial charge is 0.192 e. The number of benzene rings is 2. The maximum atomic E-state index is 9.06. The molecule has 2 heterocycles. The van der Waals surface area contributed by atoms with Crippen molar-refractivity contribution in [2.24, 2.45) is 0 Å². The molecule has 0 fully saturated rings. The number of aromatic nitrogens is 4. The van der Waals surface area contributed by atoms with Crippen LogP contribution in [0.3, 0.4) is 0 Å². The highest BCUT2D eigenvalue weighted by Gasteiger charge is 2.15. The number of aromatic amines is 1. The fourth-order valence-electron chi connectivity index (χ4n) is 2.27. The summed E-state index contributed by atoms with van der Waals surface area (Å²) in [6.45, 7) is 2.04. The summed E-state index contributed by atoms with van der Waals surface area (Å²) in [5, 5.41) is 20.0. The fourth-order valence-corrected chi connectivity index (χ4v) is 3.25. The normalized spacial score (nSPS) is 10.7. The number of nitrogens with zero attached hydrogens (tertiary/aromatic N) is 4. The standard InChI is InChI=1S/C17H11N5OS/c1-10-2-4-11(5-3-10)23-12-6-7-13-15(8-12)24-17(19-13)16-14(9-18)20-22-21-16/h2-8H,1H3,(H,20,21,22). The maximum Gasteiger partial charge on any atom is 0.192 e. The minimum atomic E-state index is 0.241. The lowest BCUT2D eigenvalue weighted by atomic mass is 10.2. The van der Waals surface area contributed by atoms with Gasteiger partial charge in [-0.15, -0.1) is 16.4 Å². The van der Waals surface area contributed by atoms with Crippen LogP contribution in [0, 0.1) is 18.3 Å². The lowest BCUT2D eigenvalue weighted by molar-refractivity contribution is 0.483. The van der Waals surface area contributed by atoms with E-state index in [0.717, 1.165) is 21.7 Å². The van der Waals surface area contributed by atoms with E-state index in [2.05, 4.69) is 20.4 Å². The molecular weight excluding hydrogens is 322 g/mol. The number of rotatable bonds is 3. The van der Waals surface area contributed by atoms with E-state index >= 15 is 0 Å². The maximum absolute atomic E-state index is 9.06. The molecule has 0 spiro atoms. The quantitative estimate of drug-likeness (QED) is 0.611. The summed E-state index contributed by atoms with van der Waals surface area (Å²) in [5.74, 6) is 1.52. The average Bonchev–Trinajstić information content (AvgIpc) is 3.22. The molecule has 0 radical (unpaired) electrons. The number of hydrogen-bond donors (Lipinski definition) is 1. The highest BCUT2D eigenvalue weighted by molar-refractivity contribution is 7.21. The molecule has 2 aromatic carbocycles. The monoisotopic (exact) mass is 333 g/mol. The van der Waals surface area contributed by atoms with Crippen molar-refractivity contribution in [2.45, 2.75) is 6.92 Å². The van der Waals surface area contributed by atoms with Gasteiger partial charge in [-0.25, -0.2) is 4.98 Å². The molecule has 6 nitrogen and oxygen atoms in total.